The third-order valence-corrected chi connectivity index (χ3v) is 16.7. The molecule has 2 aromatic carbocycles. The molecule has 2 saturated carbocycles. The molecule has 21 heteroatoms. The van der Waals surface area contributed by atoms with Crippen molar-refractivity contribution in [3.8, 4) is 0 Å². The average Bonchev–Trinajstić information content (AvgIpc) is 3.53. The molecule has 10 unspecified atom stereocenters. The number of aliphatic carboxylic acids is 1. The zero-order valence-corrected chi connectivity index (χ0v) is 43.7. The van der Waals surface area contributed by atoms with Gasteiger partial charge in [0.05, 0.1) is 29.6 Å². The Morgan fingerprint density at radius 3 is 2.08 bits per heavy atom. The van der Waals surface area contributed by atoms with Gasteiger partial charge in [-0.1, -0.05) is 69.3 Å². The first kappa shape index (κ1) is 56.6. The molecule has 3 aliphatic heterocycles. The molecule has 3 heterocycles. The summed E-state index contributed by atoms with van der Waals surface area (Å²) in [5.74, 6) is -9.46. The minimum absolute atomic E-state index is 0.117. The van der Waals surface area contributed by atoms with Crippen LogP contribution in [-0.2, 0) is 61.9 Å². The van der Waals surface area contributed by atoms with Crippen LogP contribution in [0.5, 0.6) is 0 Å². The van der Waals surface area contributed by atoms with Crippen molar-refractivity contribution in [3.63, 3.8) is 0 Å². The van der Waals surface area contributed by atoms with Crippen LogP contribution in [0.25, 0.3) is 0 Å². The highest BCUT2D eigenvalue weighted by Crippen LogP contribution is 2.60. The number of nitrogens with one attached hydrogen (secondary N) is 1. The van der Waals surface area contributed by atoms with Crippen molar-refractivity contribution in [3.05, 3.63) is 71.8 Å². The molecule has 20 nitrogen and oxygen atoms in total. The summed E-state index contributed by atoms with van der Waals surface area (Å²) in [4.78, 5) is 98.2. The number of alkyl carbamates (subject to hydrolysis) is 1. The lowest BCUT2D eigenvalue weighted by molar-refractivity contribution is -0.333. The van der Waals surface area contributed by atoms with Crippen LogP contribution in [0.2, 0.25) is 0 Å². The summed E-state index contributed by atoms with van der Waals surface area (Å²) in [5, 5.41) is 45.6. The van der Waals surface area contributed by atoms with Crippen LogP contribution in [0.15, 0.2) is 60.7 Å². The highest BCUT2D eigenvalue weighted by atomic mass is 32.2. The summed E-state index contributed by atoms with van der Waals surface area (Å²) in [6.07, 6.45) is -12.4. The molecule has 406 valence electrons. The van der Waals surface area contributed by atoms with Crippen LogP contribution >= 0.6 is 11.8 Å². The summed E-state index contributed by atoms with van der Waals surface area (Å²) in [7, 11) is 0. The van der Waals surface area contributed by atoms with Crippen LogP contribution in [0.1, 0.15) is 103 Å². The van der Waals surface area contributed by atoms with Gasteiger partial charge in [0, 0.05) is 45.5 Å². The minimum atomic E-state index is -2.04. The van der Waals surface area contributed by atoms with E-state index in [2.05, 4.69) is 5.32 Å². The first-order valence-corrected chi connectivity index (χ1v) is 25.9. The number of fused-ring (bicyclic) bond motifs is 4. The van der Waals surface area contributed by atoms with Gasteiger partial charge in [-0.25, -0.2) is 14.4 Å². The molecule has 5 fully saturated rings. The number of ketones is 1. The number of esters is 4. The maximum atomic E-state index is 15.4. The molecule has 2 aliphatic carbocycles. The van der Waals surface area contributed by atoms with Crippen molar-refractivity contribution < 1.29 is 91.9 Å². The van der Waals surface area contributed by atoms with Crippen LogP contribution in [0, 0.1) is 28.6 Å². The van der Waals surface area contributed by atoms with E-state index in [0.29, 0.717) is 6.42 Å². The van der Waals surface area contributed by atoms with Gasteiger partial charge in [-0.3, -0.25) is 19.2 Å². The van der Waals surface area contributed by atoms with Crippen molar-refractivity contribution in [1.29, 1.82) is 0 Å². The van der Waals surface area contributed by atoms with E-state index in [1.807, 2.05) is 0 Å². The third-order valence-electron chi connectivity index (χ3n) is 15.1. The fourth-order valence-electron chi connectivity index (χ4n) is 11.9. The van der Waals surface area contributed by atoms with Gasteiger partial charge in [-0.05, 0) is 69.6 Å². The van der Waals surface area contributed by atoms with Crippen molar-refractivity contribution in [1.82, 2.24) is 5.32 Å². The Hall–Kier alpha value is -5.16. The molecule has 0 aromatic heterocycles. The Morgan fingerprint density at radius 1 is 0.892 bits per heavy atom. The Kier molecular flexibility index (Phi) is 17.3. The second-order valence-corrected chi connectivity index (χ2v) is 23.1. The molecule has 74 heavy (non-hydrogen) atoms. The van der Waals surface area contributed by atoms with E-state index in [0.717, 1.165) is 11.8 Å². The standard InChI is InChI=1S/C53H69NO19S/c1-27(35-37(58)44(59)52(8)33(57)24-34-53(26-68-34,72-28(2)56)43(52)32(25-51(35,6)7)70-46(62)30-18-13-10-14-19-30)31(20-21-55)69-47(63)38(36(29-16-11-9-12-17-29)54-49(65)73-50(3,4)5)71-48(64)42-40-39(41(74-42)45(60)61)66-22-15-23-67-40/h9-14,16-19,27,31-43,55,57-58H,15,20-26H2,1-8H3,(H,54,65)(H,60,61)/t27?,31-,32+,33?,34?,35?,36?,37+,38+,39?,40?,41?,42?,43-,52?,53-/m0/s1. The molecule has 16 atom stereocenters. The van der Waals surface area contributed by atoms with Gasteiger partial charge in [-0.2, -0.15) is 0 Å². The molecule has 3 saturated heterocycles. The lowest BCUT2D eigenvalue weighted by Gasteiger charge is -2.64. The van der Waals surface area contributed by atoms with Crippen molar-refractivity contribution in [2.24, 2.45) is 28.6 Å². The van der Waals surface area contributed by atoms with Gasteiger partial charge in [0.2, 0.25) is 6.10 Å². The van der Waals surface area contributed by atoms with Gasteiger partial charge in [0.25, 0.3) is 0 Å². The number of rotatable bonds is 15. The number of benzene rings is 2. The van der Waals surface area contributed by atoms with Gasteiger partial charge in [0.1, 0.15) is 58.8 Å². The summed E-state index contributed by atoms with van der Waals surface area (Å²) in [6.45, 7) is 12.1. The molecular weight excluding hydrogens is 987 g/mol. The number of hydrogen-bond acceptors (Lipinski definition) is 19. The summed E-state index contributed by atoms with van der Waals surface area (Å²) in [6, 6.07) is 14.6. The number of carbonyl (C=O) groups excluding carboxylic acids is 6. The van der Waals surface area contributed by atoms with E-state index in [1.165, 1.54) is 13.8 Å². The fourth-order valence-corrected chi connectivity index (χ4v) is 13.3. The van der Waals surface area contributed by atoms with E-state index < -0.39 is 153 Å². The van der Waals surface area contributed by atoms with Crippen LogP contribution in [-0.4, -0.2) is 159 Å². The lowest BCUT2D eigenvalue weighted by atomic mass is 9.48. The number of amides is 1. The third kappa shape index (κ3) is 11.5. The Labute approximate surface area is 433 Å². The SMILES string of the molecule is CC(=O)O[C@@]12COC1CC(O)C1(C)C(=O)[C@H](O)C(C(C)[C@H](CCO)OC(=O)[C@H](OC(=O)C3SC(C(=O)O)C4OCCCOC34)C(NC(=O)OC(C)(C)C)c3ccccc3)C(C)(C)C[C@@H](OC(=O)c3ccccc3)[C@@H]12. The molecule has 0 radical (unpaired) electrons. The molecule has 5 aliphatic rings. The highest BCUT2D eigenvalue weighted by Gasteiger charge is 2.74. The number of carboxylic acids is 1. The lowest BCUT2D eigenvalue weighted by Crippen LogP contribution is -2.78. The predicted octanol–water partition coefficient (Wildman–Crippen LogP) is 4.13. The second-order valence-electron chi connectivity index (χ2n) is 21.8. The fraction of sp³-hybridized carbons (Fsp3) is 0.642. The summed E-state index contributed by atoms with van der Waals surface area (Å²) in [5.41, 5.74) is -5.37. The number of aliphatic hydroxyl groups excluding tert-OH is 3. The van der Waals surface area contributed by atoms with Gasteiger partial charge in [-0.15, -0.1) is 11.8 Å². The van der Waals surface area contributed by atoms with E-state index in [9.17, 15) is 44.4 Å². The highest BCUT2D eigenvalue weighted by molar-refractivity contribution is 8.02. The second kappa shape index (κ2) is 22.6. The van der Waals surface area contributed by atoms with Crippen molar-refractivity contribution in [2.75, 3.05) is 26.4 Å². The number of Topliss-reactive ketones (excluding diaryl/α,β-unsaturated/α-hetero) is 1. The largest absolute Gasteiger partial charge is 0.480 e. The molecule has 1 amide bonds. The van der Waals surface area contributed by atoms with Crippen LogP contribution < -0.4 is 5.32 Å². The minimum Gasteiger partial charge on any atom is -0.480 e. The molecule has 2 aromatic rings. The van der Waals surface area contributed by atoms with E-state index in [-0.39, 0.29) is 50.2 Å². The molecule has 0 bridgehead atoms. The number of hydrogen-bond donors (Lipinski definition) is 5. The monoisotopic (exact) mass is 1060 g/mol. The normalized spacial score (nSPS) is 33.0. The zero-order valence-electron chi connectivity index (χ0n) is 42.8. The molecule has 7 rings (SSSR count). The first-order chi connectivity index (χ1) is 34.8. The Bertz CT molecular complexity index is 2380. The van der Waals surface area contributed by atoms with E-state index in [4.69, 9.17) is 37.9 Å². The maximum absolute atomic E-state index is 15.4. The average molecular weight is 1060 g/mol. The zero-order chi connectivity index (χ0) is 54.1. The Morgan fingerprint density at radius 2 is 1.51 bits per heavy atom. The predicted molar refractivity (Wildman–Crippen MR) is 261 cm³/mol. The number of carboxylic acid groups (broad SMARTS) is 1. The number of ether oxygens (including phenoxy) is 8. The topological polar surface area (TPSA) is 286 Å². The van der Waals surface area contributed by atoms with Crippen LogP contribution in [0.4, 0.5) is 4.79 Å². The number of carbonyl (C=O) groups is 7. The van der Waals surface area contributed by atoms with Gasteiger partial charge >= 0.3 is 35.9 Å². The molecule has 5 N–H and O–H groups in total. The van der Waals surface area contributed by atoms with Gasteiger partial charge in [0.15, 0.2) is 11.4 Å². The Balaban J connectivity index is 1.28. The summed E-state index contributed by atoms with van der Waals surface area (Å²) < 4.78 is 48.1. The molecular formula is C53H69NO19S. The molecule has 0 spiro atoms. The van der Waals surface area contributed by atoms with E-state index >= 15 is 9.59 Å². The van der Waals surface area contributed by atoms with Crippen molar-refractivity contribution in [2.45, 2.75) is 158 Å². The first-order valence-electron chi connectivity index (χ1n) is 25.0. The smallest absolute Gasteiger partial charge is 0.408 e. The summed E-state index contributed by atoms with van der Waals surface area (Å²) >= 11 is 0.729. The van der Waals surface area contributed by atoms with E-state index in [1.54, 1.807) is 102 Å². The quantitative estimate of drug-likeness (QED) is 0.124. The number of thioether (sulfide) groups is 1. The van der Waals surface area contributed by atoms with Gasteiger partial charge < -0.3 is 63.6 Å². The maximum Gasteiger partial charge on any atom is 0.408 e. The van der Waals surface area contributed by atoms with Crippen LogP contribution in [0.3, 0.4) is 0 Å². The number of aliphatic hydroxyl groups is 3. The van der Waals surface area contributed by atoms with Crippen molar-refractivity contribution >= 4 is 53.5 Å².